The fourth-order valence-electron chi connectivity index (χ4n) is 2.11. The van der Waals surface area contributed by atoms with Crippen LogP contribution in [0.3, 0.4) is 0 Å². The Hall–Kier alpha value is -1.64. The Morgan fingerprint density at radius 3 is 3.00 bits per heavy atom. The van der Waals surface area contributed by atoms with Gasteiger partial charge in [0.25, 0.3) is 0 Å². The molecule has 3 heteroatoms. The van der Waals surface area contributed by atoms with Crippen LogP contribution >= 0.6 is 0 Å². The number of nitrogens with zero attached hydrogens (tertiary/aromatic N) is 2. The molecule has 1 aromatic carbocycles. The maximum absolute atomic E-state index is 4.34. The molecule has 17 heavy (non-hydrogen) atoms. The molecular weight excluding hydrogens is 210 g/mol. The molecule has 0 saturated heterocycles. The number of rotatable bonds is 4. The van der Waals surface area contributed by atoms with Crippen LogP contribution in [0.4, 0.5) is 5.82 Å². The maximum Gasteiger partial charge on any atom is 0.137 e. The van der Waals surface area contributed by atoms with Crippen molar-refractivity contribution in [1.82, 2.24) is 9.97 Å². The van der Waals surface area contributed by atoms with Crippen molar-refractivity contribution in [2.75, 3.05) is 11.9 Å². The molecule has 0 radical (unpaired) electrons. The van der Waals surface area contributed by atoms with Gasteiger partial charge in [-0.3, -0.25) is 0 Å². The monoisotopic (exact) mass is 227 g/mol. The summed E-state index contributed by atoms with van der Waals surface area (Å²) in [4.78, 5) is 8.63. The molecule has 1 aliphatic carbocycles. The van der Waals surface area contributed by atoms with Crippen LogP contribution in [0.2, 0.25) is 0 Å². The number of anilines is 1. The molecule has 2 aromatic rings. The van der Waals surface area contributed by atoms with E-state index in [2.05, 4.69) is 40.4 Å². The Morgan fingerprint density at radius 2 is 2.18 bits per heavy atom. The predicted molar refractivity (Wildman–Crippen MR) is 70.1 cm³/mol. The van der Waals surface area contributed by atoms with Gasteiger partial charge in [0, 0.05) is 11.9 Å². The van der Waals surface area contributed by atoms with Gasteiger partial charge in [-0.15, -0.1) is 0 Å². The van der Waals surface area contributed by atoms with E-state index in [4.69, 9.17) is 0 Å². The lowest BCUT2D eigenvalue weighted by Crippen LogP contribution is -2.05. The average molecular weight is 227 g/mol. The predicted octanol–water partition coefficient (Wildman–Crippen LogP) is 3.15. The highest BCUT2D eigenvalue weighted by Gasteiger charge is 2.20. The van der Waals surface area contributed by atoms with Crippen LogP contribution in [0.5, 0.6) is 0 Å². The van der Waals surface area contributed by atoms with Crippen molar-refractivity contribution in [2.45, 2.75) is 26.2 Å². The van der Waals surface area contributed by atoms with Gasteiger partial charge in [0.15, 0.2) is 0 Å². The minimum absolute atomic E-state index is 0.956. The summed E-state index contributed by atoms with van der Waals surface area (Å²) in [6, 6.07) is 6.29. The van der Waals surface area contributed by atoms with Crippen LogP contribution in [0.15, 0.2) is 24.5 Å². The molecule has 0 spiro atoms. The molecule has 1 aromatic heterocycles. The molecule has 1 aliphatic rings. The van der Waals surface area contributed by atoms with Gasteiger partial charge in [0.2, 0.25) is 0 Å². The van der Waals surface area contributed by atoms with E-state index < -0.39 is 0 Å². The topological polar surface area (TPSA) is 37.8 Å². The number of aromatic nitrogens is 2. The van der Waals surface area contributed by atoms with Gasteiger partial charge in [0.05, 0.1) is 5.52 Å². The highest BCUT2D eigenvalue weighted by Crippen LogP contribution is 2.32. The molecule has 88 valence electrons. The molecule has 0 aliphatic heterocycles. The second kappa shape index (κ2) is 4.32. The van der Waals surface area contributed by atoms with Crippen molar-refractivity contribution in [3.05, 3.63) is 30.1 Å². The molecule has 1 N–H and O–H groups in total. The molecule has 1 saturated carbocycles. The van der Waals surface area contributed by atoms with Crippen LogP contribution in [-0.4, -0.2) is 16.5 Å². The van der Waals surface area contributed by atoms with Gasteiger partial charge in [0.1, 0.15) is 12.1 Å². The number of fused-ring (bicyclic) bond motifs is 1. The second-order valence-corrected chi connectivity index (χ2v) is 4.90. The van der Waals surface area contributed by atoms with E-state index in [1.165, 1.54) is 24.8 Å². The zero-order chi connectivity index (χ0) is 11.7. The molecule has 0 unspecified atom stereocenters. The number of hydrogen-bond acceptors (Lipinski definition) is 3. The third kappa shape index (κ3) is 2.38. The highest BCUT2D eigenvalue weighted by molar-refractivity contribution is 5.89. The number of nitrogens with one attached hydrogen (secondary N) is 1. The van der Waals surface area contributed by atoms with E-state index in [0.29, 0.717) is 0 Å². The fraction of sp³-hybridized carbons (Fsp3) is 0.429. The van der Waals surface area contributed by atoms with Gasteiger partial charge in [-0.2, -0.15) is 0 Å². The Balaban J connectivity index is 1.83. The van der Waals surface area contributed by atoms with Crippen molar-refractivity contribution >= 4 is 16.7 Å². The summed E-state index contributed by atoms with van der Waals surface area (Å²) in [5.74, 6) is 1.93. The fourth-order valence-corrected chi connectivity index (χ4v) is 2.11. The van der Waals surface area contributed by atoms with Crippen LogP contribution in [0.25, 0.3) is 10.9 Å². The number of hydrogen-bond donors (Lipinski definition) is 1. The Morgan fingerprint density at radius 1 is 1.29 bits per heavy atom. The zero-order valence-corrected chi connectivity index (χ0v) is 10.1. The van der Waals surface area contributed by atoms with Crippen molar-refractivity contribution < 1.29 is 0 Å². The Bertz CT molecular complexity index is 532. The van der Waals surface area contributed by atoms with Gasteiger partial charge < -0.3 is 5.32 Å². The quantitative estimate of drug-likeness (QED) is 0.872. The molecule has 1 heterocycles. The summed E-state index contributed by atoms with van der Waals surface area (Å²) in [5, 5.41) is 4.56. The first-order valence-electron chi connectivity index (χ1n) is 6.28. The highest BCUT2D eigenvalue weighted by atomic mass is 15.0. The number of aryl methyl sites for hydroxylation is 1. The summed E-state index contributed by atoms with van der Waals surface area (Å²) in [6.45, 7) is 3.12. The van der Waals surface area contributed by atoms with Gasteiger partial charge in [-0.25, -0.2) is 9.97 Å². The molecule has 0 amide bonds. The minimum Gasteiger partial charge on any atom is -0.369 e. The zero-order valence-electron chi connectivity index (χ0n) is 10.1. The summed E-state index contributed by atoms with van der Waals surface area (Å²) in [6.07, 6.45) is 5.71. The van der Waals surface area contributed by atoms with E-state index in [1.807, 2.05) is 0 Å². The molecule has 3 rings (SSSR count). The van der Waals surface area contributed by atoms with E-state index in [1.54, 1.807) is 6.33 Å². The van der Waals surface area contributed by atoms with Crippen molar-refractivity contribution in [3.8, 4) is 0 Å². The SMILES string of the molecule is Cc1ccc2ncnc(NCCC3CC3)c2c1. The van der Waals surface area contributed by atoms with Crippen molar-refractivity contribution in [3.63, 3.8) is 0 Å². The maximum atomic E-state index is 4.34. The van der Waals surface area contributed by atoms with E-state index >= 15 is 0 Å². The number of benzene rings is 1. The normalized spacial score (nSPS) is 15.1. The van der Waals surface area contributed by atoms with E-state index in [0.717, 1.165) is 29.2 Å². The molecule has 3 nitrogen and oxygen atoms in total. The lowest BCUT2D eigenvalue weighted by molar-refractivity contribution is 0.759. The van der Waals surface area contributed by atoms with Gasteiger partial charge in [-0.05, 0) is 31.4 Å². The summed E-state index contributed by atoms with van der Waals surface area (Å²) in [5.41, 5.74) is 2.26. The summed E-state index contributed by atoms with van der Waals surface area (Å²) in [7, 11) is 0. The molecule has 0 atom stereocenters. The lowest BCUT2D eigenvalue weighted by atomic mass is 10.1. The largest absolute Gasteiger partial charge is 0.369 e. The van der Waals surface area contributed by atoms with Gasteiger partial charge in [-0.1, -0.05) is 24.5 Å². The standard InChI is InChI=1S/C14H17N3/c1-10-2-5-13-12(8-10)14(17-9-16-13)15-7-6-11-3-4-11/h2,5,8-9,11H,3-4,6-7H2,1H3,(H,15,16,17). The van der Waals surface area contributed by atoms with Crippen LogP contribution in [0, 0.1) is 12.8 Å². The Labute approximate surface area is 101 Å². The van der Waals surface area contributed by atoms with E-state index in [-0.39, 0.29) is 0 Å². The summed E-state index contributed by atoms with van der Waals surface area (Å²) >= 11 is 0. The van der Waals surface area contributed by atoms with Crippen LogP contribution < -0.4 is 5.32 Å². The smallest absolute Gasteiger partial charge is 0.137 e. The summed E-state index contributed by atoms with van der Waals surface area (Å²) < 4.78 is 0. The van der Waals surface area contributed by atoms with Gasteiger partial charge >= 0.3 is 0 Å². The second-order valence-electron chi connectivity index (χ2n) is 4.90. The molecule has 0 bridgehead atoms. The first kappa shape index (κ1) is 10.5. The lowest BCUT2D eigenvalue weighted by Gasteiger charge is -2.08. The van der Waals surface area contributed by atoms with E-state index in [9.17, 15) is 0 Å². The minimum atomic E-state index is 0.956. The third-order valence-electron chi connectivity index (χ3n) is 3.33. The first-order chi connectivity index (χ1) is 8.33. The molecule has 1 fully saturated rings. The first-order valence-corrected chi connectivity index (χ1v) is 6.28. The van der Waals surface area contributed by atoms with Crippen molar-refractivity contribution in [2.24, 2.45) is 5.92 Å². The Kier molecular flexibility index (Phi) is 2.67. The molecular formula is C14H17N3. The van der Waals surface area contributed by atoms with Crippen LogP contribution in [-0.2, 0) is 0 Å². The van der Waals surface area contributed by atoms with Crippen molar-refractivity contribution in [1.29, 1.82) is 0 Å². The third-order valence-corrected chi connectivity index (χ3v) is 3.33. The average Bonchev–Trinajstić information content (AvgIpc) is 3.14. The van der Waals surface area contributed by atoms with Crippen LogP contribution in [0.1, 0.15) is 24.8 Å².